The quantitative estimate of drug-likeness (QED) is 0.673. The van der Waals surface area contributed by atoms with Crippen molar-refractivity contribution in [3.63, 3.8) is 0 Å². The van der Waals surface area contributed by atoms with Crippen molar-refractivity contribution in [3.8, 4) is 11.5 Å². The lowest BCUT2D eigenvalue weighted by atomic mass is 10.2. The number of fused-ring (bicyclic) bond motifs is 1. The zero-order valence-corrected chi connectivity index (χ0v) is 17.3. The number of ether oxygens (including phenoxy) is 2. The van der Waals surface area contributed by atoms with Gasteiger partial charge in [0.1, 0.15) is 0 Å². The van der Waals surface area contributed by atoms with Gasteiger partial charge in [-0.1, -0.05) is 23.8 Å². The van der Waals surface area contributed by atoms with Crippen molar-refractivity contribution in [1.82, 2.24) is 0 Å². The number of amides is 1. The van der Waals surface area contributed by atoms with Crippen LogP contribution in [0, 0.1) is 6.92 Å². The van der Waals surface area contributed by atoms with E-state index in [0.717, 1.165) is 9.87 Å². The minimum Gasteiger partial charge on any atom is -0.454 e. The third kappa shape index (κ3) is 3.81. The van der Waals surface area contributed by atoms with E-state index in [4.69, 9.17) is 9.47 Å². The molecule has 0 saturated carbocycles. The van der Waals surface area contributed by atoms with E-state index in [9.17, 15) is 13.2 Å². The summed E-state index contributed by atoms with van der Waals surface area (Å²) in [5.41, 5.74) is 2.24. The largest absolute Gasteiger partial charge is 0.454 e. The van der Waals surface area contributed by atoms with Crippen LogP contribution in [0.25, 0.3) is 0 Å². The minimum absolute atomic E-state index is 0.149. The Hall–Kier alpha value is -3.52. The topological polar surface area (TPSA) is 84.9 Å². The molecule has 0 spiro atoms. The van der Waals surface area contributed by atoms with Crippen LogP contribution in [-0.2, 0) is 10.0 Å². The van der Waals surface area contributed by atoms with Gasteiger partial charge in [0, 0.05) is 24.4 Å². The second-order valence-corrected chi connectivity index (χ2v) is 8.83. The van der Waals surface area contributed by atoms with Crippen LogP contribution < -0.4 is 19.1 Å². The lowest BCUT2D eigenvalue weighted by Crippen LogP contribution is -2.26. The molecule has 0 aromatic heterocycles. The maximum atomic E-state index is 12.9. The summed E-state index contributed by atoms with van der Waals surface area (Å²) in [6.07, 6.45) is 0. The Morgan fingerprint density at radius 1 is 0.967 bits per heavy atom. The van der Waals surface area contributed by atoms with Crippen molar-refractivity contribution in [3.05, 3.63) is 77.9 Å². The Labute approximate surface area is 174 Å². The molecule has 1 aliphatic heterocycles. The first-order valence-electron chi connectivity index (χ1n) is 9.21. The number of nitrogens with zero attached hydrogens (tertiary/aromatic N) is 1. The number of anilines is 2. The van der Waals surface area contributed by atoms with Gasteiger partial charge in [-0.25, -0.2) is 8.42 Å². The molecule has 1 heterocycles. The molecule has 8 heteroatoms. The fraction of sp³-hybridized carbons (Fsp3) is 0.136. The maximum absolute atomic E-state index is 12.9. The van der Waals surface area contributed by atoms with Gasteiger partial charge in [-0.3, -0.25) is 9.10 Å². The highest BCUT2D eigenvalue weighted by molar-refractivity contribution is 7.92. The van der Waals surface area contributed by atoms with E-state index in [1.165, 1.54) is 13.1 Å². The summed E-state index contributed by atoms with van der Waals surface area (Å²) in [5, 5.41) is 2.79. The standard InChI is InChI=1S/C22H20N2O5S/c1-15-6-9-19(10-7-15)30(26,27)24(2)18-5-3-4-16(12-18)22(25)23-17-8-11-20-21(13-17)29-14-28-20/h3-13H,14H2,1-2H3,(H,23,25). The Morgan fingerprint density at radius 3 is 2.47 bits per heavy atom. The smallest absolute Gasteiger partial charge is 0.264 e. The van der Waals surface area contributed by atoms with Crippen LogP contribution >= 0.6 is 0 Å². The summed E-state index contributed by atoms with van der Waals surface area (Å²) in [6, 6.07) is 18.2. The van der Waals surface area contributed by atoms with Crippen LogP contribution in [0.3, 0.4) is 0 Å². The molecule has 1 amide bonds. The average molecular weight is 424 g/mol. The zero-order valence-electron chi connectivity index (χ0n) is 16.5. The molecular weight excluding hydrogens is 404 g/mol. The summed E-state index contributed by atoms with van der Waals surface area (Å²) in [7, 11) is -2.28. The van der Waals surface area contributed by atoms with Crippen LogP contribution in [0.15, 0.2) is 71.6 Å². The predicted molar refractivity (Wildman–Crippen MR) is 114 cm³/mol. The number of aryl methyl sites for hydroxylation is 1. The Bertz CT molecular complexity index is 1210. The van der Waals surface area contributed by atoms with E-state index in [0.29, 0.717) is 28.4 Å². The summed E-state index contributed by atoms with van der Waals surface area (Å²) in [4.78, 5) is 12.9. The molecule has 0 atom stereocenters. The van der Waals surface area contributed by atoms with Gasteiger partial charge in [-0.15, -0.1) is 0 Å². The van der Waals surface area contributed by atoms with Gasteiger partial charge in [-0.2, -0.15) is 0 Å². The molecule has 1 aliphatic rings. The van der Waals surface area contributed by atoms with Gasteiger partial charge in [0.25, 0.3) is 15.9 Å². The molecule has 7 nitrogen and oxygen atoms in total. The number of rotatable bonds is 5. The van der Waals surface area contributed by atoms with Gasteiger partial charge < -0.3 is 14.8 Å². The summed E-state index contributed by atoms with van der Waals surface area (Å²) >= 11 is 0. The number of hydrogen-bond donors (Lipinski definition) is 1. The van der Waals surface area contributed by atoms with E-state index >= 15 is 0 Å². The Balaban J connectivity index is 1.56. The van der Waals surface area contributed by atoms with Gasteiger partial charge in [0.05, 0.1) is 10.6 Å². The van der Waals surface area contributed by atoms with Gasteiger partial charge in [0.15, 0.2) is 11.5 Å². The molecule has 0 unspecified atom stereocenters. The number of sulfonamides is 1. The van der Waals surface area contributed by atoms with E-state index in [2.05, 4.69) is 5.32 Å². The van der Waals surface area contributed by atoms with Crippen molar-refractivity contribution in [2.45, 2.75) is 11.8 Å². The highest BCUT2D eigenvalue weighted by Gasteiger charge is 2.22. The summed E-state index contributed by atoms with van der Waals surface area (Å²) in [5.74, 6) is 0.820. The Morgan fingerprint density at radius 2 is 1.70 bits per heavy atom. The molecule has 0 fully saturated rings. The first kappa shape index (κ1) is 19.8. The van der Waals surface area contributed by atoms with Crippen LogP contribution in [-0.4, -0.2) is 28.2 Å². The van der Waals surface area contributed by atoms with E-state index in [1.807, 2.05) is 6.92 Å². The third-order valence-electron chi connectivity index (χ3n) is 4.78. The molecule has 0 aliphatic carbocycles. The molecule has 30 heavy (non-hydrogen) atoms. The normalized spacial score (nSPS) is 12.5. The molecule has 0 bridgehead atoms. The lowest BCUT2D eigenvalue weighted by Gasteiger charge is -2.20. The zero-order chi connectivity index (χ0) is 21.3. The Kier molecular flexibility index (Phi) is 5.09. The summed E-state index contributed by atoms with van der Waals surface area (Å²) in [6.45, 7) is 2.04. The van der Waals surface area contributed by atoms with Crippen LogP contribution in [0.2, 0.25) is 0 Å². The van der Waals surface area contributed by atoms with E-state index < -0.39 is 10.0 Å². The predicted octanol–water partition coefficient (Wildman–Crippen LogP) is 3.80. The molecule has 3 aromatic rings. The highest BCUT2D eigenvalue weighted by atomic mass is 32.2. The number of hydrogen-bond acceptors (Lipinski definition) is 5. The molecule has 0 saturated heterocycles. The number of nitrogens with one attached hydrogen (secondary N) is 1. The molecule has 0 radical (unpaired) electrons. The van der Waals surface area contributed by atoms with Crippen molar-refractivity contribution in [1.29, 1.82) is 0 Å². The molecule has 3 aromatic carbocycles. The first-order valence-corrected chi connectivity index (χ1v) is 10.7. The van der Waals surface area contributed by atoms with Crippen molar-refractivity contribution >= 4 is 27.3 Å². The number of benzene rings is 3. The fourth-order valence-electron chi connectivity index (χ4n) is 3.03. The molecule has 154 valence electrons. The first-order chi connectivity index (χ1) is 14.3. The summed E-state index contributed by atoms with van der Waals surface area (Å²) < 4.78 is 37.6. The van der Waals surface area contributed by atoms with Crippen LogP contribution in [0.1, 0.15) is 15.9 Å². The lowest BCUT2D eigenvalue weighted by molar-refractivity contribution is 0.102. The minimum atomic E-state index is -3.75. The van der Waals surface area contributed by atoms with E-state index in [1.54, 1.807) is 60.7 Å². The number of carbonyl (C=O) groups excluding carboxylic acids is 1. The van der Waals surface area contributed by atoms with Crippen LogP contribution in [0.4, 0.5) is 11.4 Å². The average Bonchev–Trinajstić information content (AvgIpc) is 3.21. The van der Waals surface area contributed by atoms with E-state index in [-0.39, 0.29) is 17.6 Å². The van der Waals surface area contributed by atoms with Crippen molar-refractivity contribution in [2.75, 3.05) is 23.5 Å². The number of carbonyl (C=O) groups is 1. The van der Waals surface area contributed by atoms with Gasteiger partial charge in [-0.05, 0) is 49.4 Å². The molecule has 1 N–H and O–H groups in total. The highest BCUT2D eigenvalue weighted by Crippen LogP contribution is 2.34. The maximum Gasteiger partial charge on any atom is 0.264 e. The van der Waals surface area contributed by atoms with Crippen molar-refractivity contribution < 1.29 is 22.7 Å². The second-order valence-electron chi connectivity index (χ2n) is 6.86. The molecule has 4 rings (SSSR count). The SMILES string of the molecule is Cc1ccc(S(=O)(=O)N(C)c2cccc(C(=O)Nc3ccc4c(c3)OCO4)c2)cc1. The van der Waals surface area contributed by atoms with Gasteiger partial charge in [0.2, 0.25) is 6.79 Å². The monoisotopic (exact) mass is 424 g/mol. The van der Waals surface area contributed by atoms with Crippen molar-refractivity contribution in [2.24, 2.45) is 0 Å². The fourth-order valence-corrected chi connectivity index (χ4v) is 4.22. The van der Waals surface area contributed by atoms with Crippen LogP contribution in [0.5, 0.6) is 11.5 Å². The second kappa shape index (κ2) is 7.72. The third-order valence-corrected chi connectivity index (χ3v) is 6.58. The molecular formula is C22H20N2O5S. The van der Waals surface area contributed by atoms with Gasteiger partial charge >= 0.3 is 0 Å².